The van der Waals surface area contributed by atoms with E-state index >= 15 is 0 Å². The molecule has 0 saturated heterocycles. The lowest BCUT2D eigenvalue weighted by Crippen LogP contribution is -2.56. The highest BCUT2D eigenvalue weighted by molar-refractivity contribution is 4.94. The second-order valence-corrected chi connectivity index (χ2v) is 5.12. The van der Waals surface area contributed by atoms with Crippen molar-refractivity contribution < 1.29 is 0 Å². The van der Waals surface area contributed by atoms with E-state index in [-0.39, 0.29) is 5.54 Å². The second-order valence-electron chi connectivity index (χ2n) is 5.12. The summed E-state index contributed by atoms with van der Waals surface area (Å²) in [5.41, 5.74) is 6.18. The van der Waals surface area contributed by atoms with Crippen molar-refractivity contribution in [1.82, 2.24) is 5.32 Å². The van der Waals surface area contributed by atoms with Gasteiger partial charge in [0.1, 0.15) is 0 Å². The van der Waals surface area contributed by atoms with Crippen molar-refractivity contribution in [2.45, 2.75) is 64.5 Å². The van der Waals surface area contributed by atoms with Crippen LogP contribution in [0.2, 0.25) is 0 Å². The van der Waals surface area contributed by atoms with Crippen LogP contribution < -0.4 is 11.1 Å². The summed E-state index contributed by atoms with van der Waals surface area (Å²) in [5.74, 6) is 0.897. The van der Waals surface area contributed by atoms with Crippen molar-refractivity contribution in [3.63, 3.8) is 0 Å². The van der Waals surface area contributed by atoms with Gasteiger partial charge in [-0.1, -0.05) is 13.8 Å². The minimum absolute atomic E-state index is 0.252. The molecule has 3 N–H and O–H groups in total. The summed E-state index contributed by atoms with van der Waals surface area (Å²) < 4.78 is 0. The molecule has 0 heterocycles. The fourth-order valence-corrected chi connectivity index (χ4v) is 2.35. The van der Waals surface area contributed by atoms with Crippen LogP contribution in [0.4, 0.5) is 0 Å². The van der Waals surface area contributed by atoms with Gasteiger partial charge in [-0.2, -0.15) is 0 Å². The van der Waals surface area contributed by atoms with Gasteiger partial charge in [-0.25, -0.2) is 0 Å². The highest BCUT2D eigenvalue weighted by atomic mass is 15.0. The Bertz CT molecular complexity index is 160. The molecule has 1 atom stereocenters. The van der Waals surface area contributed by atoms with Crippen LogP contribution in [0.5, 0.6) is 0 Å². The van der Waals surface area contributed by atoms with Crippen molar-refractivity contribution >= 4 is 0 Å². The number of rotatable bonds is 4. The Kier molecular flexibility index (Phi) is 4.39. The fourth-order valence-electron chi connectivity index (χ4n) is 2.35. The first kappa shape index (κ1) is 12.0. The van der Waals surface area contributed by atoms with E-state index in [2.05, 4.69) is 26.1 Å². The lowest BCUT2D eigenvalue weighted by atomic mass is 9.76. The van der Waals surface area contributed by atoms with Crippen LogP contribution in [0.15, 0.2) is 0 Å². The fraction of sp³-hybridized carbons (Fsp3) is 1.00. The van der Waals surface area contributed by atoms with Gasteiger partial charge in [0.2, 0.25) is 0 Å². The second kappa shape index (κ2) is 5.13. The molecule has 0 aromatic heterocycles. The lowest BCUT2D eigenvalue weighted by Gasteiger charge is -2.41. The Balaban J connectivity index is 2.49. The SMILES string of the molecule is CCC(C)NC1(CN)CCC(C)CC1. The average molecular weight is 198 g/mol. The Labute approximate surface area is 88.6 Å². The molecule has 0 aromatic carbocycles. The van der Waals surface area contributed by atoms with Gasteiger partial charge in [0.15, 0.2) is 0 Å². The average Bonchev–Trinajstić information content (AvgIpc) is 2.22. The zero-order valence-electron chi connectivity index (χ0n) is 9.97. The lowest BCUT2D eigenvalue weighted by molar-refractivity contribution is 0.185. The molecule has 2 nitrogen and oxygen atoms in total. The third kappa shape index (κ3) is 2.96. The summed E-state index contributed by atoms with van der Waals surface area (Å²) in [6.45, 7) is 7.64. The standard InChI is InChI=1S/C12H26N2/c1-4-11(3)14-12(9-13)7-5-10(2)6-8-12/h10-11,14H,4-9,13H2,1-3H3. The van der Waals surface area contributed by atoms with Crippen LogP contribution >= 0.6 is 0 Å². The molecule has 14 heavy (non-hydrogen) atoms. The Hall–Kier alpha value is -0.0800. The van der Waals surface area contributed by atoms with Crippen molar-refractivity contribution in [3.8, 4) is 0 Å². The van der Waals surface area contributed by atoms with Gasteiger partial charge in [-0.15, -0.1) is 0 Å². The summed E-state index contributed by atoms with van der Waals surface area (Å²) in [6.07, 6.45) is 6.38. The Morgan fingerprint density at radius 1 is 1.43 bits per heavy atom. The maximum atomic E-state index is 5.92. The van der Waals surface area contributed by atoms with Gasteiger partial charge in [0.05, 0.1) is 0 Å². The molecule has 1 unspecified atom stereocenters. The highest BCUT2D eigenvalue weighted by Gasteiger charge is 2.33. The zero-order chi connectivity index (χ0) is 10.6. The molecule has 0 bridgehead atoms. The van der Waals surface area contributed by atoms with E-state index in [0.29, 0.717) is 6.04 Å². The molecule has 1 aliphatic carbocycles. The van der Waals surface area contributed by atoms with Crippen molar-refractivity contribution in [3.05, 3.63) is 0 Å². The number of nitrogens with two attached hydrogens (primary N) is 1. The first-order valence-corrected chi connectivity index (χ1v) is 6.09. The van der Waals surface area contributed by atoms with E-state index in [1.165, 1.54) is 32.1 Å². The van der Waals surface area contributed by atoms with Gasteiger partial charge in [-0.05, 0) is 44.9 Å². The van der Waals surface area contributed by atoms with Gasteiger partial charge in [-0.3, -0.25) is 0 Å². The predicted octanol–water partition coefficient (Wildman–Crippen LogP) is 2.28. The zero-order valence-corrected chi connectivity index (χ0v) is 9.97. The van der Waals surface area contributed by atoms with Crippen molar-refractivity contribution in [2.75, 3.05) is 6.54 Å². The van der Waals surface area contributed by atoms with Crippen LogP contribution in [0.1, 0.15) is 52.9 Å². The summed E-state index contributed by atoms with van der Waals surface area (Å²) in [7, 11) is 0. The largest absolute Gasteiger partial charge is 0.329 e. The smallest absolute Gasteiger partial charge is 0.0306 e. The van der Waals surface area contributed by atoms with Crippen LogP contribution in [0.25, 0.3) is 0 Å². The summed E-state index contributed by atoms with van der Waals surface area (Å²) in [5, 5.41) is 3.73. The quantitative estimate of drug-likeness (QED) is 0.727. The molecule has 0 spiro atoms. The molecular weight excluding hydrogens is 172 g/mol. The maximum absolute atomic E-state index is 5.92. The minimum atomic E-state index is 0.252. The topological polar surface area (TPSA) is 38.0 Å². The third-order valence-electron chi connectivity index (χ3n) is 3.79. The Morgan fingerprint density at radius 2 is 2.00 bits per heavy atom. The number of hydrogen-bond acceptors (Lipinski definition) is 2. The Morgan fingerprint density at radius 3 is 2.43 bits per heavy atom. The van der Waals surface area contributed by atoms with Crippen LogP contribution in [-0.2, 0) is 0 Å². The normalized spacial score (nSPS) is 35.6. The van der Waals surface area contributed by atoms with Gasteiger partial charge >= 0.3 is 0 Å². The van der Waals surface area contributed by atoms with E-state index in [4.69, 9.17) is 5.73 Å². The van der Waals surface area contributed by atoms with Crippen LogP contribution in [0.3, 0.4) is 0 Å². The van der Waals surface area contributed by atoms with E-state index in [1.54, 1.807) is 0 Å². The number of nitrogens with one attached hydrogen (secondary N) is 1. The van der Waals surface area contributed by atoms with E-state index in [1.807, 2.05) is 0 Å². The molecule has 0 aromatic rings. The van der Waals surface area contributed by atoms with Gasteiger partial charge < -0.3 is 11.1 Å². The summed E-state index contributed by atoms with van der Waals surface area (Å²) in [4.78, 5) is 0. The highest BCUT2D eigenvalue weighted by Crippen LogP contribution is 2.31. The van der Waals surface area contributed by atoms with Crippen LogP contribution in [-0.4, -0.2) is 18.1 Å². The molecule has 1 saturated carbocycles. The molecule has 0 aliphatic heterocycles. The molecule has 1 rings (SSSR count). The summed E-state index contributed by atoms with van der Waals surface area (Å²) >= 11 is 0. The van der Waals surface area contributed by atoms with Crippen LogP contribution in [0, 0.1) is 5.92 Å². The molecule has 2 heteroatoms. The molecular formula is C12H26N2. The summed E-state index contributed by atoms with van der Waals surface area (Å²) in [6, 6.07) is 0.604. The molecule has 0 radical (unpaired) electrons. The van der Waals surface area contributed by atoms with Crippen molar-refractivity contribution in [2.24, 2.45) is 11.7 Å². The molecule has 1 fully saturated rings. The minimum Gasteiger partial charge on any atom is -0.329 e. The van der Waals surface area contributed by atoms with E-state index in [9.17, 15) is 0 Å². The van der Waals surface area contributed by atoms with Gasteiger partial charge in [0.25, 0.3) is 0 Å². The monoisotopic (exact) mass is 198 g/mol. The maximum Gasteiger partial charge on any atom is 0.0306 e. The molecule has 84 valence electrons. The first-order valence-electron chi connectivity index (χ1n) is 6.09. The third-order valence-corrected chi connectivity index (χ3v) is 3.79. The van der Waals surface area contributed by atoms with Gasteiger partial charge in [0, 0.05) is 18.1 Å². The first-order chi connectivity index (χ1) is 6.62. The predicted molar refractivity (Wildman–Crippen MR) is 62.3 cm³/mol. The number of hydrogen-bond donors (Lipinski definition) is 2. The van der Waals surface area contributed by atoms with Crippen molar-refractivity contribution in [1.29, 1.82) is 0 Å². The van der Waals surface area contributed by atoms with E-state index < -0.39 is 0 Å². The molecule has 1 aliphatic rings. The molecule has 0 amide bonds. The van der Waals surface area contributed by atoms with E-state index in [0.717, 1.165) is 12.5 Å².